The van der Waals surface area contributed by atoms with Crippen molar-refractivity contribution in [3.63, 3.8) is 0 Å². The fourth-order valence-electron chi connectivity index (χ4n) is 10.1. The summed E-state index contributed by atoms with van der Waals surface area (Å²) in [4.78, 5) is 134. The number of ether oxygens (including phenoxy) is 6. The van der Waals surface area contributed by atoms with Gasteiger partial charge in [0.2, 0.25) is 29.4 Å². The summed E-state index contributed by atoms with van der Waals surface area (Å²) in [6, 6.07) is 11.2. The zero-order valence-corrected chi connectivity index (χ0v) is 50.1. The van der Waals surface area contributed by atoms with Crippen molar-refractivity contribution in [1.29, 1.82) is 0 Å². The van der Waals surface area contributed by atoms with Crippen molar-refractivity contribution in [3.8, 4) is 17.2 Å². The minimum absolute atomic E-state index is 0.0436. The number of carbonyl (C=O) groups excluding carboxylic acids is 9. The summed E-state index contributed by atoms with van der Waals surface area (Å²) in [6.07, 6.45) is 3.98. The lowest BCUT2D eigenvalue weighted by molar-refractivity contribution is -0.165. The fourth-order valence-corrected chi connectivity index (χ4v) is 10.1. The number of Topliss-reactive ketones (excluding diaryl/α,β-unsaturated/α-hetero) is 1. The Morgan fingerprint density at radius 1 is 0.738 bits per heavy atom. The maximum absolute atomic E-state index is 15.8. The Morgan fingerprint density at radius 3 is 2.12 bits per heavy atom. The molecule has 0 saturated carbocycles. The van der Waals surface area contributed by atoms with E-state index >= 15 is 4.39 Å². The molecule has 84 heavy (non-hydrogen) atoms. The molecular weight excluding hydrogens is 1090 g/mol. The van der Waals surface area contributed by atoms with Crippen molar-refractivity contribution in [1.82, 2.24) is 29.8 Å². The SMILES string of the molecule is COc1ccc(CC[C@H]2OC(=O)[C@@H]3CCCCN3C(=O)C(=O)C(C)(C)COC(=O)C=CCCN(C)C(=O)[C@@H]3CCCN3C(=O)[C@H](COC(C)(C)C)N(C)C(=O)[C@@H](c3ccccc3)NC(=O)[C@H](C)N(C)C(=O)COc3cc(F)cc2c3)cc1OC. The summed E-state index contributed by atoms with van der Waals surface area (Å²) < 4.78 is 50.4. The van der Waals surface area contributed by atoms with Crippen LogP contribution in [0.2, 0.25) is 0 Å². The quantitative estimate of drug-likeness (QED) is 0.210. The standard InChI is InChI=1S/C62H81FN6O15/c1-39-55(73)64-53(41-20-13-12-14-21-41)58(76)67(9)47(36-83-61(2,3)4)57(75)68-31-19-23-45(68)56(74)65(7)29-17-16-24-52(71)82-38-62(5,6)54(72)59(77)69-30-18-15-22-46(69)60(78)84-48(27-25-40-26-28-49(79-10)50(32-40)80-11)42-33-43(63)35-44(34-42)81-37-51(70)66(39)8/h12-14,16,20-21,24,26,28,32-35,39,45-48,53H,15,17-19,22-23,25,27,29-31,36-38H2,1-11H3,(H,64,73)/t39-,45-,46-,47-,48+,53+/m0/s1. The monoisotopic (exact) mass is 1170 g/mol. The highest BCUT2D eigenvalue weighted by Gasteiger charge is 2.45. The number of rotatable bonds is 8. The van der Waals surface area contributed by atoms with Crippen LogP contribution in [0.4, 0.5) is 4.39 Å². The molecule has 2 saturated heterocycles. The highest BCUT2D eigenvalue weighted by Crippen LogP contribution is 2.34. The van der Waals surface area contributed by atoms with Crippen LogP contribution in [0.5, 0.6) is 17.2 Å². The molecule has 3 aliphatic rings. The molecule has 0 radical (unpaired) electrons. The number of aryl methyl sites for hydroxylation is 1. The summed E-state index contributed by atoms with van der Waals surface area (Å²) in [5, 5.41) is 2.79. The normalized spacial score (nSPS) is 23.7. The highest BCUT2D eigenvalue weighted by atomic mass is 19.1. The number of methoxy groups -OCH3 is 2. The third kappa shape index (κ3) is 16.9. The number of carbonyl (C=O) groups is 9. The molecule has 0 spiro atoms. The van der Waals surface area contributed by atoms with Crippen LogP contribution in [0.15, 0.2) is 78.9 Å². The lowest BCUT2D eigenvalue weighted by atomic mass is 9.87. The van der Waals surface area contributed by atoms with Crippen LogP contribution in [-0.2, 0) is 63.8 Å². The van der Waals surface area contributed by atoms with Gasteiger partial charge in [0.05, 0.1) is 31.8 Å². The van der Waals surface area contributed by atoms with Crippen LogP contribution in [-0.4, -0.2) is 182 Å². The van der Waals surface area contributed by atoms with E-state index in [1.54, 1.807) is 76.3 Å². The molecule has 0 aromatic heterocycles. The second kappa shape index (κ2) is 29.1. The Hall–Kier alpha value is -7.88. The average molecular weight is 1170 g/mol. The van der Waals surface area contributed by atoms with E-state index in [1.165, 1.54) is 75.9 Å². The number of ketones is 1. The summed E-state index contributed by atoms with van der Waals surface area (Å²) in [5.74, 6) is -6.62. The first-order valence-corrected chi connectivity index (χ1v) is 28.4. The number of esters is 2. The number of hydrogen-bond acceptors (Lipinski definition) is 15. The van der Waals surface area contributed by atoms with Gasteiger partial charge < -0.3 is 58.2 Å². The first kappa shape index (κ1) is 65.3. The molecule has 0 aliphatic carbocycles. The zero-order valence-electron chi connectivity index (χ0n) is 50.1. The van der Waals surface area contributed by atoms with Gasteiger partial charge in [0.15, 0.2) is 18.1 Å². The van der Waals surface area contributed by atoms with E-state index < -0.39 is 114 Å². The second-order valence-electron chi connectivity index (χ2n) is 23.1. The summed E-state index contributed by atoms with van der Waals surface area (Å²) in [5.41, 5.74) is -1.04. The van der Waals surface area contributed by atoms with Crippen molar-refractivity contribution in [2.45, 2.75) is 135 Å². The predicted molar refractivity (Wildman–Crippen MR) is 306 cm³/mol. The summed E-state index contributed by atoms with van der Waals surface area (Å²) in [7, 11) is 7.34. The smallest absolute Gasteiger partial charge is 0.330 e. The van der Waals surface area contributed by atoms with Crippen molar-refractivity contribution < 1.29 is 76.0 Å². The van der Waals surface area contributed by atoms with Gasteiger partial charge in [0.1, 0.15) is 54.5 Å². The van der Waals surface area contributed by atoms with Crippen molar-refractivity contribution in [2.75, 3.05) is 74.8 Å². The lowest BCUT2D eigenvalue weighted by Gasteiger charge is -2.37. The minimum atomic E-state index is -1.54. The Balaban J connectivity index is 1.34. The Kier molecular flexibility index (Phi) is 22.6. The molecule has 3 heterocycles. The molecular formula is C62H81FN6O15. The summed E-state index contributed by atoms with van der Waals surface area (Å²) >= 11 is 0. The van der Waals surface area contributed by atoms with Crippen LogP contribution in [0, 0.1) is 11.2 Å². The van der Waals surface area contributed by atoms with Crippen molar-refractivity contribution in [2.24, 2.45) is 5.41 Å². The van der Waals surface area contributed by atoms with Gasteiger partial charge in [-0.2, -0.15) is 0 Å². The van der Waals surface area contributed by atoms with E-state index in [1.807, 2.05) is 0 Å². The number of nitrogens with zero attached hydrogens (tertiary/aromatic N) is 5. The van der Waals surface area contributed by atoms with Gasteiger partial charge in [-0.15, -0.1) is 0 Å². The topological polar surface area (TPSA) is 237 Å². The molecule has 6 rings (SSSR count). The third-order valence-electron chi connectivity index (χ3n) is 15.3. The molecule has 456 valence electrons. The van der Waals surface area contributed by atoms with Gasteiger partial charge in [-0.05, 0) is 134 Å². The van der Waals surface area contributed by atoms with Crippen LogP contribution in [0.25, 0.3) is 0 Å². The molecule has 2 fully saturated rings. The van der Waals surface area contributed by atoms with E-state index in [4.69, 9.17) is 28.4 Å². The first-order chi connectivity index (χ1) is 39.7. The van der Waals surface area contributed by atoms with E-state index in [-0.39, 0.29) is 69.1 Å². The average Bonchev–Trinajstić information content (AvgIpc) is 3.27. The first-order valence-electron chi connectivity index (χ1n) is 28.4. The second-order valence-corrected chi connectivity index (χ2v) is 23.1. The van der Waals surface area contributed by atoms with Crippen molar-refractivity contribution >= 4 is 53.2 Å². The van der Waals surface area contributed by atoms with Crippen LogP contribution in [0.1, 0.15) is 115 Å². The number of benzene rings is 3. The molecule has 6 atom stereocenters. The molecule has 3 aliphatic heterocycles. The predicted octanol–water partition coefficient (Wildman–Crippen LogP) is 5.71. The maximum Gasteiger partial charge on any atom is 0.330 e. The number of piperidine rings is 1. The number of hydrogen-bond donors (Lipinski definition) is 1. The van der Waals surface area contributed by atoms with E-state index in [2.05, 4.69) is 5.32 Å². The summed E-state index contributed by atoms with van der Waals surface area (Å²) in [6.45, 7) is 8.67. The van der Waals surface area contributed by atoms with E-state index in [0.29, 0.717) is 42.7 Å². The maximum atomic E-state index is 15.8. The number of cyclic esters (lactones) is 2. The Labute approximate surface area is 491 Å². The van der Waals surface area contributed by atoms with Crippen molar-refractivity contribution in [3.05, 3.63) is 101 Å². The van der Waals surface area contributed by atoms with Gasteiger partial charge >= 0.3 is 11.9 Å². The molecule has 3 aromatic rings. The molecule has 22 heteroatoms. The number of amides is 6. The number of likely N-dealkylation sites (N-methyl/N-ethyl adjacent to an activating group) is 3. The minimum Gasteiger partial charge on any atom is -0.493 e. The van der Waals surface area contributed by atoms with Gasteiger partial charge in [-0.25, -0.2) is 14.0 Å². The van der Waals surface area contributed by atoms with Gasteiger partial charge in [-0.3, -0.25) is 33.6 Å². The molecule has 3 aromatic carbocycles. The number of nitrogens with one attached hydrogen (secondary N) is 1. The lowest BCUT2D eigenvalue weighted by Crippen LogP contribution is -2.58. The molecule has 1 N–H and O–H groups in total. The van der Waals surface area contributed by atoms with Crippen LogP contribution in [0.3, 0.4) is 0 Å². The number of fused-ring (bicyclic) bond motifs is 4. The van der Waals surface area contributed by atoms with Crippen LogP contribution >= 0.6 is 0 Å². The van der Waals surface area contributed by atoms with Crippen LogP contribution < -0.4 is 19.5 Å². The molecule has 2 bridgehead atoms. The Bertz CT molecular complexity index is 2910. The largest absolute Gasteiger partial charge is 0.493 e. The highest BCUT2D eigenvalue weighted by molar-refractivity contribution is 6.38. The fraction of sp³-hybridized carbons (Fsp3) is 0.532. The third-order valence-corrected chi connectivity index (χ3v) is 15.3. The number of halogens is 1. The van der Waals surface area contributed by atoms with Gasteiger partial charge in [0, 0.05) is 52.9 Å². The Morgan fingerprint density at radius 2 is 1.43 bits per heavy atom. The van der Waals surface area contributed by atoms with Gasteiger partial charge in [0.25, 0.3) is 11.8 Å². The van der Waals surface area contributed by atoms with E-state index in [0.717, 1.165) is 33.6 Å². The van der Waals surface area contributed by atoms with Gasteiger partial charge in [-0.1, -0.05) is 42.5 Å². The molecule has 21 nitrogen and oxygen atoms in total. The molecule has 0 unspecified atom stereocenters. The zero-order chi connectivity index (χ0) is 61.6. The molecule has 6 amide bonds. The van der Waals surface area contributed by atoms with E-state index in [9.17, 15) is 43.2 Å².